The van der Waals surface area contributed by atoms with E-state index in [2.05, 4.69) is 11.9 Å². The first-order valence-electron chi connectivity index (χ1n) is 5.99. The third-order valence-electron chi connectivity index (χ3n) is 2.25. The van der Waals surface area contributed by atoms with Gasteiger partial charge in [0.05, 0.1) is 5.56 Å². The molecule has 17 heavy (non-hydrogen) atoms. The van der Waals surface area contributed by atoms with Gasteiger partial charge in [0.2, 0.25) is 0 Å². The lowest BCUT2D eigenvalue weighted by Gasteiger charge is -2.04. The van der Waals surface area contributed by atoms with E-state index in [-0.39, 0.29) is 5.97 Å². The lowest BCUT2D eigenvalue weighted by molar-refractivity contribution is 0.0530. The Balaban J connectivity index is 2.05. The number of carbonyl (C=O) groups is 1. The number of pyridine rings is 1. The Morgan fingerprint density at radius 3 is 3.00 bits per heavy atom. The zero-order valence-corrected chi connectivity index (χ0v) is 11.0. The molecule has 0 aliphatic heterocycles. The minimum atomic E-state index is -0.285. The molecule has 1 aromatic rings. The summed E-state index contributed by atoms with van der Waals surface area (Å²) in [7, 11) is 0. The molecule has 0 fully saturated rings. The summed E-state index contributed by atoms with van der Waals surface area (Å²) in [6.45, 7) is 2.67. The predicted octanol–water partition coefficient (Wildman–Crippen LogP) is 3.16. The van der Waals surface area contributed by atoms with Crippen LogP contribution in [0.4, 0.5) is 0 Å². The van der Waals surface area contributed by atoms with Crippen LogP contribution < -0.4 is 0 Å². The molecule has 0 radical (unpaired) electrons. The first-order valence-corrected chi connectivity index (χ1v) is 7.15. The Labute approximate surface area is 107 Å². The lowest BCUT2D eigenvalue weighted by atomic mass is 10.3. The Bertz CT molecular complexity index is 316. The van der Waals surface area contributed by atoms with Gasteiger partial charge in [-0.05, 0) is 24.3 Å². The summed E-state index contributed by atoms with van der Waals surface area (Å²) in [6.07, 6.45) is 6.94. The molecular formula is C13H19NO2S. The molecule has 3 nitrogen and oxygen atoms in total. The second-order valence-electron chi connectivity index (χ2n) is 3.70. The number of ether oxygens (including phenoxy) is 1. The van der Waals surface area contributed by atoms with Gasteiger partial charge in [-0.25, -0.2) is 4.79 Å². The molecule has 0 aromatic carbocycles. The van der Waals surface area contributed by atoms with Gasteiger partial charge in [-0.1, -0.05) is 19.8 Å². The van der Waals surface area contributed by atoms with Crippen molar-refractivity contribution in [2.75, 3.05) is 18.1 Å². The number of nitrogens with zero attached hydrogens (tertiary/aromatic N) is 1. The van der Waals surface area contributed by atoms with Crippen molar-refractivity contribution in [1.82, 2.24) is 4.98 Å². The van der Waals surface area contributed by atoms with E-state index >= 15 is 0 Å². The summed E-state index contributed by atoms with van der Waals surface area (Å²) in [5, 5.41) is 0. The molecule has 1 rings (SSSR count). The van der Waals surface area contributed by atoms with Gasteiger partial charge in [-0.3, -0.25) is 4.98 Å². The monoisotopic (exact) mass is 253 g/mol. The molecule has 0 unspecified atom stereocenters. The fourth-order valence-corrected chi connectivity index (χ4v) is 2.13. The highest BCUT2D eigenvalue weighted by molar-refractivity contribution is 7.99. The van der Waals surface area contributed by atoms with Gasteiger partial charge in [0, 0.05) is 18.1 Å². The van der Waals surface area contributed by atoms with Crippen LogP contribution in [0.2, 0.25) is 0 Å². The summed E-state index contributed by atoms with van der Waals surface area (Å²) < 4.78 is 5.13. The molecule has 0 saturated carbocycles. The number of aromatic nitrogens is 1. The third kappa shape index (κ3) is 6.31. The van der Waals surface area contributed by atoms with E-state index in [0.717, 1.165) is 11.5 Å². The molecule has 0 aliphatic rings. The number of hydrogen-bond donors (Lipinski definition) is 0. The first-order chi connectivity index (χ1) is 8.34. The van der Waals surface area contributed by atoms with Crippen molar-refractivity contribution in [3.05, 3.63) is 30.1 Å². The molecule has 0 amide bonds. The van der Waals surface area contributed by atoms with Crippen LogP contribution in [0.15, 0.2) is 24.5 Å². The molecule has 1 aromatic heterocycles. The molecule has 0 N–H and O–H groups in total. The van der Waals surface area contributed by atoms with Crippen LogP contribution in [0, 0.1) is 0 Å². The largest absolute Gasteiger partial charge is 0.461 e. The van der Waals surface area contributed by atoms with E-state index in [1.54, 1.807) is 18.3 Å². The molecule has 0 saturated heterocycles. The van der Waals surface area contributed by atoms with Gasteiger partial charge in [-0.2, -0.15) is 11.8 Å². The number of rotatable bonds is 8. The van der Waals surface area contributed by atoms with E-state index in [1.807, 2.05) is 11.8 Å². The predicted molar refractivity (Wildman–Crippen MR) is 71.4 cm³/mol. The Morgan fingerprint density at radius 2 is 2.29 bits per heavy atom. The van der Waals surface area contributed by atoms with Crippen molar-refractivity contribution in [2.45, 2.75) is 26.2 Å². The quantitative estimate of drug-likeness (QED) is 0.527. The first kappa shape index (κ1) is 14.0. The lowest BCUT2D eigenvalue weighted by Crippen LogP contribution is -2.08. The maximum Gasteiger partial charge on any atom is 0.339 e. The summed E-state index contributed by atoms with van der Waals surface area (Å²) >= 11 is 1.84. The standard InChI is InChI=1S/C13H19NO2S/c1-2-3-4-9-17-10-8-16-13(15)12-6-5-7-14-11-12/h5-7,11H,2-4,8-10H2,1H3. The third-order valence-corrected chi connectivity index (χ3v) is 3.28. The highest BCUT2D eigenvalue weighted by Gasteiger charge is 2.05. The molecule has 0 bridgehead atoms. The highest BCUT2D eigenvalue weighted by atomic mass is 32.2. The minimum absolute atomic E-state index is 0.285. The fraction of sp³-hybridized carbons (Fsp3) is 0.538. The average molecular weight is 253 g/mol. The second kappa shape index (κ2) is 9.05. The Morgan fingerprint density at radius 1 is 1.41 bits per heavy atom. The molecule has 0 aliphatic carbocycles. The average Bonchev–Trinajstić information content (AvgIpc) is 2.38. The summed E-state index contributed by atoms with van der Waals surface area (Å²) in [6, 6.07) is 3.44. The van der Waals surface area contributed by atoms with Gasteiger partial charge in [0.1, 0.15) is 6.61 Å². The Kier molecular flexibility index (Phi) is 7.47. The van der Waals surface area contributed by atoms with E-state index in [4.69, 9.17) is 4.74 Å². The van der Waals surface area contributed by atoms with Crippen LogP contribution in [0.1, 0.15) is 36.5 Å². The number of esters is 1. The maximum atomic E-state index is 11.5. The van der Waals surface area contributed by atoms with Crippen molar-refractivity contribution in [3.8, 4) is 0 Å². The van der Waals surface area contributed by atoms with Crippen LogP contribution >= 0.6 is 11.8 Å². The van der Waals surface area contributed by atoms with Crippen LogP contribution in [-0.2, 0) is 4.74 Å². The zero-order chi connectivity index (χ0) is 12.3. The minimum Gasteiger partial charge on any atom is -0.461 e. The van der Waals surface area contributed by atoms with Gasteiger partial charge in [0.25, 0.3) is 0 Å². The van der Waals surface area contributed by atoms with E-state index in [9.17, 15) is 4.79 Å². The van der Waals surface area contributed by atoms with E-state index in [0.29, 0.717) is 12.2 Å². The van der Waals surface area contributed by atoms with Crippen LogP contribution in [0.3, 0.4) is 0 Å². The van der Waals surface area contributed by atoms with Crippen LogP contribution in [0.5, 0.6) is 0 Å². The topological polar surface area (TPSA) is 39.2 Å². The van der Waals surface area contributed by atoms with Gasteiger partial charge < -0.3 is 4.74 Å². The summed E-state index contributed by atoms with van der Waals surface area (Å²) in [4.78, 5) is 15.4. The number of hydrogen-bond acceptors (Lipinski definition) is 4. The van der Waals surface area contributed by atoms with Gasteiger partial charge in [-0.15, -0.1) is 0 Å². The van der Waals surface area contributed by atoms with E-state index in [1.165, 1.54) is 25.5 Å². The van der Waals surface area contributed by atoms with Crippen molar-refractivity contribution < 1.29 is 9.53 Å². The second-order valence-corrected chi connectivity index (χ2v) is 4.92. The molecule has 1 heterocycles. The van der Waals surface area contributed by atoms with Crippen molar-refractivity contribution in [1.29, 1.82) is 0 Å². The molecule has 4 heteroatoms. The van der Waals surface area contributed by atoms with Crippen LogP contribution in [-0.4, -0.2) is 29.1 Å². The summed E-state index contributed by atoms with van der Waals surface area (Å²) in [5.41, 5.74) is 0.517. The molecule has 0 spiro atoms. The fourth-order valence-electron chi connectivity index (χ4n) is 1.32. The highest BCUT2D eigenvalue weighted by Crippen LogP contribution is 2.06. The van der Waals surface area contributed by atoms with E-state index < -0.39 is 0 Å². The molecule has 0 atom stereocenters. The summed E-state index contributed by atoms with van der Waals surface area (Å²) in [5.74, 6) is 1.74. The molecular weight excluding hydrogens is 234 g/mol. The van der Waals surface area contributed by atoms with Crippen molar-refractivity contribution in [3.63, 3.8) is 0 Å². The normalized spacial score (nSPS) is 10.2. The smallest absolute Gasteiger partial charge is 0.339 e. The zero-order valence-electron chi connectivity index (χ0n) is 10.2. The van der Waals surface area contributed by atoms with Crippen molar-refractivity contribution >= 4 is 17.7 Å². The maximum absolute atomic E-state index is 11.5. The van der Waals surface area contributed by atoms with Crippen molar-refractivity contribution in [2.24, 2.45) is 0 Å². The number of carbonyl (C=O) groups excluding carboxylic acids is 1. The SMILES string of the molecule is CCCCCSCCOC(=O)c1cccnc1. The molecule has 94 valence electrons. The number of thioether (sulfide) groups is 1. The van der Waals surface area contributed by atoms with Gasteiger partial charge in [0.15, 0.2) is 0 Å². The number of unbranched alkanes of at least 4 members (excludes halogenated alkanes) is 2. The van der Waals surface area contributed by atoms with Crippen LogP contribution in [0.25, 0.3) is 0 Å². The Hall–Kier alpha value is -1.03. The van der Waals surface area contributed by atoms with Gasteiger partial charge >= 0.3 is 5.97 Å².